The molecule has 2 N–H and O–H groups in total. The minimum Gasteiger partial charge on any atom is -0.476 e. The minimum absolute atomic E-state index is 0.0129. The molecule has 0 unspecified atom stereocenters. The highest BCUT2D eigenvalue weighted by Crippen LogP contribution is 2.44. The van der Waals surface area contributed by atoms with E-state index in [2.05, 4.69) is 45.9 Å². The number of aryl methyl sites for hydroxylation is 5. The lowest BCUT2D eigenvalue weighted by Crippen LogP contribution is -2.28. The molecule has 10 aromatic rings. The van der Waals surface area contributed by atoms with Crippen molar-refractivity contribution < 1.29 is 37.7 Å². The van der Waals surface area contributed by atoms with Crippen LogP contribution in [0.15, 0.2) is 61.2 Å². The molecule has 2 saturated heterocycles. The number of aromatic amines is 1. The largest absolute Gasteiger partial charge is 0.476 e. The van der Waals surface area contributed by atoms with Gasteiger partial charge in [-0.05, 0) is 87.8 Å². The lowest BCUT2D eigenvalue weighted by Gasteiger charge is -2.32. The maximum atomic E-state index is 15.4. The number of hydrogen-bond acceptors (Lipinski definition) is 15. The number of methoxy groups -OCH3 is 1. The number of fused-ring (bicyclic) bond motifs is 6. The summed E-state index contributed by atoms with van der Waals surface area (Å²) in [7, 11) is 6.61. The van der Waals surface area contributed by atoms with Crippen LogP contribution >= 0.6 is 0 Å². The summed E-state index contributed by atoms with van der Waals surface area (Å²) < 4.78 is 55.7. The number of nitrogens with zero attached hydrogens (tertiary/aromatic N) is 15. The van der Waals surface area contributed by atoms with Gasteiger partial charge in [-0.3, -0.25) is 29.7 Å². The van der Waals surface area contributed by atoms with E-state index < -0.39 is 35.7 Å². The number of H-pyrrole nitrogens is 1. The summed E-state index contributed by atoms with van der Waals surface area (Å²) in [6.07, 6.45) is 9.33. The monoisotopic (exact) mass is 1010 g/mol. The van der Waals surface area contributed by atoms with Crippen LogP contribution in [0.2, 0.25) is 0 Å². The molecular weight excluding hydrogens is 959 g/mol. The Kier molecular flexibility index (Phi) is 12.5. The summed E-state index contributed by atoms with van der Waals surface area (Å²) in [6.45, 7) is 5.90. The Balaban J connectivity index is 0.000000159. The number of carbonyl (C=O) groups excluding carboxylic acids is 1. The summed E-state index contributed by atoms with van der Waals surface area (Å²) in [4.78, 5) is 43.6. The van der Waals surface area contributed by atoms with Gasteiger partial charge >= 0.3 is 11.9 Å². The molecule has 74 heavy (non-hydrogen) atoms. The number of rotatable bonds is 10. The van der Waals surface area contributed by atoms with Gasteiger partial charge in [0, 0.05) is 83.5 Å². The second-order valence-corrected chi connectivity index (χ2v) is 18.5. The number of nitrogens with one attached hydrogen (secondary N) is 1. The van der Waals surface area contributed by atoms with E-state index in [1.165, 1.54) is 23.9 Å². The molecule has 2 atom stereocenters. The molecule has 10 aromatic heterocycles. The number of hydrogen-bond donors (Lipinski definition) is 2. The molecule has 0 radical (unpaired) electrons. The molecule has 2 fully saturated rings. The van der Waals surface area contributed by atoms with Crippen LogP contribution in [0.5, 0.6) is 0 Å². The van der Waals surface area contributed by atoms with Crippen molar-refractivity contribution in [3.05, 3.63) is 107 Å². The van der Waals surface area contributed by atoms with E-state index in [1.54, 1.807) is 60.4 Å². The Labute approximate surface area is 419 Å². The topological polar surface area (TPSA) is 251 Å². The molecule has 2 aliphatic heterocycles. The van der Waals surface area contributed by atoms with Gasteiger partial charge in [-0.25, -0.2) is 27.7 Å². The number of ether oxygens (including phenoxy) is 3. The number of aromatic carboxylic acids is 1. The number of halogens is 2. The predicted octanol–water partition coefficient (Wildman–Crippen LogP) is 6.63. The van der Waals surface area contributed by atoms with Crippen LogP contribution < -0.4 is 0 Å². The molecule has 0 bridgehead atoms. The third kappa shape index (κ3) is 8.00. The molecule has 24 heteroatoms. The van der Waals surface area contributed by atoms with Crippen molar-refractivity contribution in [2.24, 2.45) is 33.0 Å². The van der Waals surface area contributed by atoms with E-state index in [-0.39, 0.29) is 34.6 Å². The van der Waals surface area contributed by atoms with Crippen LogP contribution in [0.4, 0.5) is 8.78 Å². The van der Waals surface area contributed by atoms with E-state index in [1.807, 2.05) is 42.2 Å². The van der Waals surface area contributed by atoms with Gasteiger partial charge in [0.15, 0.2) is 11.4 Å². The van der Waals surface area contributed by atoms with Crippen molar-refractivity contribution in [2.75, 3.05) is 33.5 Å². The molecule has 12 rings (SSSR count). The fourth-order valence-electron chi connectivity index (χ4n) is 11.0. The number of esters is 1. The lowest BCUT2D eigenvalue weighted by molar-refractivity contribution is 0.0539. The zero-order valence-corrected chi connectivity index (χ0v) is 41.2. The Morgan fingerprint density at radius 3 is 1.68 bits per heavy atom. The molecule has 0 saturated carbocycles. The van der Waals surface area contributed by atoms with Crippen LogP contribution in [-0.2, 0) is 35.4 Å². The van der Waals surface area contributed by atoms with Gasteiger partial charge in [0.25, 0.3) is 0 Å². The first-order valence-electron chi connectivity index (χ1n) is 24.0. The summed E-state index contributed by atoms with van der Waals surface area (Å²) in [6, 6.07) is 8.66. The van der Waals surface area contributed by atoms with E-state index >= 15 is 8.78 Å². The molecular formula is C50H50F2N16O6. The fraction of sp³-hybridized carbons (Fsp3) is 0.360. The van der Waals surface area contributed by atoms with Gasteiger partial charge < -0.3 is 28.5 Å². The maximum absolute atomic E-state index is 15.4. The van der Waals surface area contributed by atoms with Crippen LogP contribution in [-0.4, -0.2) is 130 Å². The van der Waals surface area contributed by atoms with E-state index in [9.17, 15) is 14.7 Å². The lowest BCUT2D eigenvalue weighted by atomic mass is 9.88. The Hall–Kier alpha value is -8.38. The van der Waals surface area contributed by atoms with Gasteiger partial charge in [-0.1, -0.05) is 10.4 Å². The summed E-state index contributed by atoms with van der Waals surface area (Å²) >= 11 is 0. The van der Waals surface area contributed by atoms with Crippen molar-refractivity contribution in [1.29, 1.82) is 0 Å². The smallest absolute Gasteiger partial charge is 0.360 e. The van der Waals surface area contributed by atoms with E-state index in [0.29, 0.717) is 96.2 Å². The number of carbonyl (C=O) groups is 2. The first kappa shape index (κ1) is 47.9. The molecule has 12 heterocycles. The van der Waals surface area contributed by atoms with Crippen molar-refractivity contribution in [1.82, 2.24) is 79.0 Å². The summed E-state index contributed by atoms with van der Waals surface area (Å²) in [5.74, 6) is -2.72. The average molecular weight is 1010 g/mol. The standard InChI is InChI=1S/2C25H25FN8O3/c1-13-21(33(3)31-29-13)15-11-17-19(28-12-15)23-24(20(25(35)36)30-32(23)2)34(17)22(14-6-9-37-10-7-14)18-16(26)5-4-8-27-18;1-13-22(33(2)32-29-13)15-11-17-19(28-12-15)20-24(21(31-30-20)25(35)36-3)34(17)23(14-6-9-37-10-7-14)18-16(26)5-4-8-27-18/h4-5,8,11-12,14,22H,6-7,9-10H2,1-3H3,(H,35,36);4-5,8,11-12,14,23H,6-7,9-10H2,1-3H3,(H,30,31)/t22-;23-/m00/s1. The van der Waals surface area contributed by atoms with Crippen molar-refractivity contribution in [3.63, 3.8) is 0 Å². The number of carboxylic acids is 1. The van der Waals surface area contributed by atoms with Gasteiger partial charge in [0.1, 0.15) is 44.7 Å². The molecule has 22 nitrogen and oxygen atoms in total. The van der Waals surface area contributed by atoms with Gasteiger partial charge in [-0.15, -0.1) is 10.2 Å². The van der Waals surface area contributed by atoms with Crippen molar-refractivity contribution in [2.45, 2.75) is 51.6 Å². The van der Waals surface area contributed by atoms with E-state index in [0.717, 1.165) is 33.9 Å². The molecule has 0 aromatic carbocycles. The third-order valence-electron chi connectivity index (χ3n) is 14.2. The van der Waals surface area contributed by atoms with Crippen LogP contribution in [0, 0.1) is 37.3 Å². The molecule has 0 amide bonds. The Bertz CT molecular complexity index is 3750. The van der Waals surface area contributed by atoms with Gasteiger partial charge in [0.05, 0.1) is 64.4 Å². The minimum atomic E-state index is -1.17. The zero-order valence-electron chi connectivity index (χ0n) is 41.2. The second kappa shape index (κ2) is 19.2. The predicted molar refractivity (Wildman–Crippen MR) is 263 cm³/mol. The highest BCUT2D eigenvalue weighted by Gasteiger charge is 2.38. The van der Waals surface area contributed by atoms with Crippen molar-refractivity contribution >= 4 is 56.1 Å². The number of aromatic nitrogens is 16. The summed E-state index contributed by atoms with van der Waals surface area (Å²) in [5.41, 5.74) is 9.68. The van der Waals surface area contributed by atoms with Crippen LogP contribution in [0.3, 0.4) is 0 Å². The molecule has 2 aliphatic rings. The zero-order chi connectivity index (χ0) is 51.5. The Morgan fingerprint density at radius 2 is 1.20 bits per heavy atom. The number of carboxylic acid groups (broad SMARTS) is 1. The second-order valence-electron chi connectivity index (χ2n) is 18.5. The average Bonchev–Trinajstić information content (AvgIpc) is 4.27. The first-order chi connectivity index (χ1) is 35.9. The van der Waals surface area contributed by atoms with Gasteiger partial charge in [-0.2, -0.15) is 10.2 Å². The molecule has 0 spiro atoms. The number of pyridine rings is 4. The molecule has 0 aliphatic carbocycles. The first-order valence-corrected chi connectivity index (χ1v) is 24.0. The third-order valence-corrected chi connectivity index (χ3v) is 14.2. The maximum Gasteiger partial charge on any atom is 0.360 e. The Morgan fingerprint density at radius 1 is 0.703 bits per heavy atom. The van der Waals surface area contributed by atoms with Crippen LogP contribution in [0.25, 0.3) is 66.6 Å². The molecule has 380 valence electrons. The fourth-order valence-corrected chi connectivity index (χ4v) is 11.0. The quantitative estimate of drug-likeness (QED) is 0.136. The van der Waals surface area contributed by atoms with Crippen molar-refractivity contribution in [3.8, 4) is 22.5 Å². The van der Waals surface area contributed by atoms with Gasteiger partial charge in [0.2, 0.25) is 0 Å². The SMILES string of the molecule is COC(=O)c1n[nH]c2c3ncc(-c4c(C)nnn4C)cc3n([C@H](c3ncccc3F)C3CCOCC3)c12.Cc1nnn(C)c1-c1cnc2c3c(c(C(=O)O)nn3C)n([C@H](c3ncccc3F)C3CCOCC3)c2c1. The van der Waals surface area contributed by atoms with Crippen LogP contribution in [0.1, 0.15) is 81.5 Å². The normalized spacial score (nSPS) is 15.5. The van der Waals surface area contributed by atoms with E-state index in [4.69, 9.17) is 24.2 Å². The highest BCUT2D eigenvalue weighted by atomic mass is 19.1. The highest BCUT2D eigenvalue weighted by molar-refractivity contribution is 6.12. The summed E-state index contributed by atoms with van der Waals surface area (Å²) in [5, 5.41) is 38.2.